The Hall–Kier alpha value is -2.91. The number of aromatic amines is 1. The van der Waals surface area contributed by atoms with E-state index in [4.69, 9.17) is 10.00 Å². The predicted octanol–water partition coefficient (Wildman–Crippen LogP) is 2.33. The second-order valence-corrected chi connectivity index (χ2v) is 5.45. The lowest BCUT2D eigenvalue weighted by Gasteiger charge is -2.29. The maximum atomic E-state index is 9.13. The van der Waals surface area contributed by atoms with Crippen LogP contribution in [0.25, 0.3) is 22.2 Å². The first-order valence-corrected chi connectivity index (χ1v) is 7.53. The molecule has 6 nitrogen and oxygen atoms in total. The van der Waals surface area contributed by atoms with Gasteiger partial charge < -0.3 is 14.6 Å². The first-order valence-electron chi connectivity index (χ1n) is 7.53. The molecule has 0 radical (unpaired) electrons. The summed E-state index contributed by atoms with van der Waals surface area (Å²) in [5, 5.41) is 18.5. The van der Waals surface area contributed by atoms with E-state index in [9.17, 15) is 0 Å². The molecule has 1 fully saturated rings. The van der Waals surface area contributed by atoms with Crippen LogP contribution in [0, 0.1) is 11.3 Å². The Balaban J connectivity index is 1.89. The van der Waals surface area contributed by atoms with E-state index >= 15 is 0 Å². The number of hydrogen-bond donors (Lipinski definition) is 1. The number of H-pyrrole nitrogens is 1. The zero-order valence-electron chi connectivity index (χ0n) is 12.5. The quantitative estimate of drug-likeness (QED) is 0.786. The zero-order valence-corrected chi connectivity index (χ0v) is 12.5. The topological polar surface area (TPSA) is 77.8 Å². The molecule has 114 valence electrons. The second-order valence-electron chi connectivity index (χ2n) is 5.45. The molecule has 1 aromatic carbocycles. The van der Waals surface area contributed by atoms with Crippen LogP contribution in [0.3, 0.4) is 0 Å². The molecule has 6 heteroatoms. The minimum absolute atomic E-state index is 0.645. The van der Waals surface area contributed by atoms with Gasteiger partial charge in [-0.15, -0.1) is 5.10 Å². The third-order valence-electron chi connectivity index (χ3n) is 4.11. The number of aromatic nitrogens is 3. The Labute approximate surface area is 133 Å². The van der Waals surface area contributed by atoms with E-state index in [1.807, 2.05) is 24.4 Å². The number of morpholine rings is 1. The number of rotatable bonds is 2. The summed E-state index contributed by atoms with van der Waals surface area (Å²) < 4.78 is 5.44. The highest BCUT2D eigenvalue weighted by Gasteiger charge is 2.19. The molecule has 1 aliphatic heterocycles. The number of benzene rings is 1. The minimum Gasteiger partial charge on any atom is -0.378 e. The standard InChI is InChI=1S/C17H15N5O/c18-9-12-2-1-3-13(8-12)14-10-19-17-16(14)15(11-20-21-17)22-4-6-23-7-5-22/h1-3,8,10-11H,4-7H2,(H,19,21). The number of anilines is 1. The predicted molar refractivity (Wildman–Crippen MR) is 87.1 cm³/mol. The molecule has 0 amide bonds. The van der Waals surface area contributed by atoms with Gasteiger partial charge in [-0.2, -0.15) is 10.4 Å². The van der Waals surface area contributed by atoms with Crippen LogP contribution in [0.15, 0.2) is 36.7 Å². The molecule has 0 spiro atoms. The fourth-order valence-corrected chi connectivity index (χ4v) is 2.98. The largest absolute Gasteiger partial charge is 0.378 e. The second kappa shape index (κ2) is 5.71. The van der Waals surface area contributed by atoms with Crippen LogP contribution in [-0.2, 0) is 4.74 Å². The molecule has 0 bridgehead atoms. The Kier molecular flexibility index (Phi) is 3.41. The number of nitrogens with zero attached hydrogens (tertiary/aromatic N) is 4. The van der Waals surface area contributed by atoms with Crippen LogP contribution in [-0.4, -0.2) is 41.5 Å². The van der Waals surface area contributed by atoms with Crippen molar-refractivity contribution in [3.63, 3.8) is 0 Å². The van der Waals surface area contributed by atoms with Gasteiger partial charge in [0.05, 0.1) is 42.1 Å². The Morgan fingerprint density at radius 2 is 2.13 bits per heavy atom. The van der Waals surface area contributed by atoms with E-state index in [2.05, 4.69) is 26.2 Å². The summed E-state index contributed by atoms with van der Waals surface area (Å²) in [5.74, 6) is 0. The molecule has 0 unspecified atom stereocenters. The molecule has 0 saturated carbocycles. The molecule has 0 aliphatic carbocycles. The molecule has 2 aromatic heterocycles. The van der Waals surface area contributed by atoms with Crippen molar-refractivity contribution in [3.05, 3.63) is 42.2 Å². The first-order chi connectivity index (χ1) is 11.4. The van der Waals surface area contributed by atoms with Crippen LogP contribution in [0.4, 0.5) is 5.69 Å². The van der Waals surface area contributed by atoms with Crippen molar-refractivity contribution in [1.29, 1.82) is 5.26 Å². The van der Waals surface area contributed by atoms with Gasteiger partial charge in [-0.25, -0.2) is 0 Å². The fraction of sp³-hybridized carbons (Fsp3) is 0.235. The van der Waals surface area contributed by atoms with Crippen molar-refractivity contribution in [2.75, 3.05) is 31.2 Å². The van der Waals surface area contributed by atoms with Gasteiger partial charge in [0.2, 0.25) is 0 Å². The highest BCUT2D eigenvalue weighted by atomic mass is 16.5. The third kappa shape index (κ3) is 2.41. The fourth-order valence-electron chi connectivity index (χ4n) is 2.98. The Morgan fingerprint density at radius 1 is 1.26 bits per heavy atom. The number of hydrogen-bond acceptors (Lipinski definition) is 5. The maximum absolute atomic E-state index is 9.13. The monoisotopic (exact) mass is 305 g/mol. The van der Waals surface area contributed by atoms with Crippen molar-refractivity contribution in [1.82, 2.24) is 15.2 Å². The Morgan fingerprint density at radius 3 is 2.96 bits per heavy atom. The average molecular weight is 305 g/mol. The molecule has 23 heavy (non-hydrogen) atoms. The summed E-state index contributed by atoms with van der Waals surface area (Å²) in [7, 11) is 0. The smallest absolute Gasteiger partial charge is 0.162 e. The van der Waals surface area contributed by atoms with E-state index in [0.29, 0.717) is 18.8 Å². The van der Waals surface area contributed by atoms with Crippen LogP contribution in [0.1, 0.15) is 5.56 Å². The SMILES string of the molecule is N#Cc1cccc(-c2c[nH]c3nncc(N4CCOCC4)c23)c1. The molecule has 3 heterocycles. The number of nitriles is 1. The van der Waals surface area contributed by atoms with Gasteiger partial charge in [0.1, 0.15) is 0 Å². The van der Waals surface area contributed by atoms with E-state index in [0.717, 1.165) is 40.9 Å². The van der Waals surface area contributed by atoms with Gasteiger partial charge in [0.15, 0.2) is 5.65 Å². The highest BCUT2D eigenvalue weighted by Crippen LogP contribution is 2.34. The molecule has 4 rings (SSSR count). The average Bonchev–Trinajstić information content (AvgIpc) is 3.07. The lowest BCUT2D eigenvalue weighted by atomic mass is 10.0. The summed E-state index contributed by atoms with van der Waals surface area (Å²) >= 11 is 0. The van der Waals surface area contributed by atoms with Crippen LogP contribution in [0.5, 0.6) is 0 Å². The normalized spacial score (nSPS) is 14.8. The highest BCUT2D eigenvalue weighted by molar-refractivity contribution is 6.02. The van der Waals surface area contributed by atoms with Crippen molar-refractivity contribution in [2.45, 2.75) is 0 Å². The van der Waals surface area contributed by atoms with Crippen molar-refractivity contribution < 1.29 is 4.74 Å². The molecular weight excluding hydrogens is 290 g/mol. The van der Waals surface area contributed by atoms with Gasteiger partial charge in [0.25, 0.3) is 0 Å². The van der Waals surface area contributed by atoms with E-state index in [1.165, 1.54) is 0 Å². The van der Waals surface area contributed by atoms with Gasteiger partial charge in [-0.05, 0) is 17.7 Å². The summed E-state index contributed by atoms with van der Waals surface area (Å²) in [6.07, 6.45) is 3.74. The summed E-state index contributed by atoms with van der Waals surface area (Å²) in [6, 6.07) is 9.80. The van der Waals surface area contributed by atoms with Gasteiger partial charge >= 0.3 is 0 Å². The Bertz CT molecular complexity index is 889. The van der Waals surface area contributed by atoms with E-state index in [-0.39, 0.29) is 0 Å². The molecule has 3 aromatic rings. The first kappa shape index (κ1) is 13.7. The third-order valence-corrected chi connectivity index (χ3v) is 4.11. The minimum atomic E-state index is 0.645. The van der Waals surface area contributed by atoms with Gasteiger partial charge in [-0.1, -0.05) is 12.1 Å². The van der Waals surface area contributed by atoms with Crippen molar-refractivity contribution in [3.8, 4) is 17.2 Å². The summed E-state index contributed by atoms with van der Waals surface area (Å²) in [4.78, 5) is 5.46. The van der Waals surface area contributed by atoms with Gasteiger partial charge in [0, 0.05) is 24.8 Å². The van der Waals surface area contributed by atoms with Crippen molar-refractivity contribution >= 4 is 16.7 Å². The summed E-state index contributed by atoms with van der Waals surface area (Å²) in [6.45, 7) is 3.11. The molecule has 0 atom stereocenters. The van der Waals surface area contributed by atoms with E-state index < -0.39 is 0 Å². The van der Waals surface area contributed by atoms with Crippen molar-refractivity contribution in [2.24, 2.45) is 0 Å². The number of fused-ring (bicyclic) bond motifs is 1. The van der Waals surface area contributed by atoms with E-state index in [1.54, 1.807) is 12.3 Å². The molecule has 1 saturated heterocycles. The molecule has 1 N–H and O–H groups in total. The molecule has 1 aliphatic rings. The zero-order chi connectivity index (χ0) is 15.6. The maximum Gasteiger partial charge on any atom is 0.162 e. The lowest BCUT2D eigenvalue weighted by Crippen LogP contribution is -2.36. The summed E-state index contributed by atoms with van der Waals surface area (Å²) in [5.41, 5.74) is 4.49. The lowest BCUT2D eigenvalue weighted by molar-refractivity contribution is 0.123. The van der Waals surface area contributed by atoms with Gasteiger partial charge in [-0.3, -0.25) is 0 Å². The number of nitrogens with one attached hydrogen (secondary N) is 1. The number of ether oxygens (including phenoxy) is 1. The van der Waals surface area contributed by atoms with Crippen LogP contribution < -0.4 is 4.90 Å². The van der Waals surface area contributed by atoms with Crippen LogP contribution >= 0.6 is 0 Å². The molecular formula is C17H15N5O. The van der Waals surface area contributed by atoms with Crippen LogP contribution in [0.2, 0.25) is 0 Å².